The zero-order valence-electron chi connectivity index (χ0n) is 11.1. The van der Waals surface area contributed by atoms with E-state index in [0.29, 0.717) is 5.56 Å². The summed E-state index contributed by atoms with van der Waals surface area (Å²) in [5.74, 6) is -0.0874. The smallest absolute Gasteiger partial charge is 0.259 e. The number of anilines is 1. The number of nitrogens with one attached hydrogen (secondary N) is 2. The Labute approximate surface area is 136 Å². The standard InChI is InChI=1S/C15H14IN3O2/c16-12-4-6-13(7-5-12)17-10-15(21)19-18-9-11-2-1-3-14(20)8-11/h1-9,17,20H,10H2,(H,19,21)/b18-9-. The number of halogens is 1. The second-order valence-electron chi connectivity index (χ2n) is 4.25. The van der Waals surface area contributed by atoms with Gasteiger partial charge in [-0.05, 0) is 64.6 Å². The van der Waals surface area contributed by atoms with Gasteiger partial charge in [-0.2, -0.15) is 5.10 Å². The molecule has 21 heavy (non-hydrogen) atoms. The molecule has 0 fully saturated rings. The Kier molecular flexibility index (Phi) is 5.56. The van der Waals surface area contributed by atoms with Crippen molar-refractivity contribution in [3.63, 3.8) is 0 Å². The predicted molar refractivity (Wildman–Crippen MR) is 91.5 cm³/mol. The topological polar surface area (TPSA) is 73.7 Å². The van der Waals surface area contributed by atoms with Crippen molar-refractivity contribution in [1.82, 2.24) is 5.43 Å². The monoisotopic (exact) mass is 395 g/mol. The Morgan fingerprint density at radius 3 is 2.71 bits per heavy atom. The molecule has 0 radical (unpaired) electrons. The normalized spacial score (nSPS) is 10.5. The molecule has 0 atom stereocenters. The summed E-state index contributed by atoms with van der Waals surface area (Å²) in [7, 11) is 0. The third kappa shape index (κ3) is 5.42. The second-order valence-corrected chi connectivity index (χ2v) is 5.49. The number of nitrogens with zero attached hydrogens (tertiary/aromatic N) is 1. The van der Waals surface area contributed by atoms with Gasteiger partial charge in [-0.15, -0.1) is 0 Å². The number of hydrazone groups is 1. The van der Waals surface area contributed by atoms with Crippen LogP contribution in [0.4, 0.5) is 5.69 Å². The van der Waals surface area contributed by atoms with Crippen LogP contribution in [0.15, 0.2) is 53.6 Å². The largest absolute Gasteiger partial charge is 0.508 e. The third-order valence-electron chi connectivity index (χ3n) is 2.57. The molecule has 2 aromatic rings. The van der Waals surface area contributed by atoms with Crippen LogP contribution in [0, 0.1) is 3.57 Å². The van der Waals surface area contributed by atoms with Gasteiger partial charge in [0, 0.05) is 9.26 Å². The number of hydrogen-bond acceptors (Lipinski definition) is 4. The first kappa shape index (κ1) is 15.3. The van der Waals surface area contributed by atoms with Crippen molar-refractivity contribution in [2.24, 2.45) is 5.10 Å². The second kappa shape index (κ2) is 7.63. The van der Waals surface area contributed by atoms with Gasteiger partial charge in [0.05, 0.1) is 12.8 Å². The van der Waals surface area contributed by atoms with Gasteiger partial charge in [-0.1, -0.05) is 12.1 Å². The molecule has 3 N–H and O–H groups in total. The highest BCUT2D eigenvalue weighted by Crippen LogP contribution is 2.10. The molecule has 2 rings (SSSR count). The van der Waals surface area contributed by atoms with Gasteiger partial charge < -0.3 is 10.4 Å². The first-order valence-electron chi connectivity index (χ1n) is 6.24. The summed E-state index contributed by atoms with van der Waals surface area (Å²) in [6.07, 6.45) is 1.47. The number of carbonyl (C=O) groups is 1. The van der Waals surface area contributed by atoms with E-state index in [9.17, 15) is 9.90 Å². The van der Waals surface area contributed by atoms with Crippen molar-refractivity contribution in [1.29, 1.82) is 0 Å². The molecule has 108 valence electrons. The highest BCUT2D eigenvalue weighted by Gasteiger charge is 1.99. The van der Waals surface area contributed by atoms with Crippen LogP contribution in [-0.4, -0.2) is 23.8 Å². The molecule has 0 aliphatic carbocycles. The van der Waals surface area contributed by atoms with Crippen LogP contribution in [0.5, 0.6) is 5.75 Å². The van der Waals surface area contributed by atoms with Crippen LogP contribution in [-0.2, 0) is 4.79 Å². The SMILES string of the molecule is O=C(CNc1ccc(I)cc1)N/N=C\c1cccc(O)c1. The Morgan fingerprint density at radius 2 is 2.00 bits per heavy atom. The summed E-state index contributed by atoms with van der Waals surface area (Å²) >= 11 is 2.22. The lowest BCUT2D eigenvalue weighted by molar-refractivity contribution is -0.119. The van der Waals surface area contributed by atoms with E-state index in [1.807, 2.05) is 24.3 Å². The fourth-order valence-electron chi connectivity index (χ4n) is 1.57. The maximum absolute atomic E-state index is 11.6. The van der Waals surface area contributed by atoms with Crippen molar-refractivity contribution in [3.8, 4) is 5.75 Å². The number of phenolic OH excluding ortho intramolecular Hbond substituents is 1. The third-order valence-corrected chi connectivity index (χ3v) is 3.29. The van der Waals surface area contributed by atoms with Crippen LogP contribution >= 0.6 is 22.6 Å². The van der Waals surface area contributed by atoms with Crippen molar-refractivity contribution < 1.29 is 9.90 Å². The maximum atomic E-state index is 11.6. The lowest BCUT2D eigenvalue weighted by Crippen LogP contribution is -2.25. The minimum Gasteiger partial charge on any atom is -0.508 e. The van der Waals surface area contributed by atoms with Gasteiger partial charge >= 0.3 is 0 Å². The van der Waals surface area contributed by atoms with E-state index in [2.05, 4.69) is 38.4 Å². The number of phenols is 1. The summed E-state index contributed by atoms with van der Waals surface area (Å²) in [6, 6.07) is 14.3. The molecular weight excluding hydrogens is 381 g/mol. The maximum Gasteiger partial charge on any atom is 0.259 e. The predicted octanol–water partition coefficient (Wildman–Crippen LogP) is 2.56. The molecule has 0 bridgehead atoms. The first-order valence-corrected chi connectivity index (χ1v) is 7.32. The van der Waals surface area contributed by atoms with Gasteiger partial charge in [0.25, 0.3) is 5.91 Å². The summed E-state index contributed by atoms with van der Waals surface area (Å²) in [5.41, 5.74) is 4.00. The Morgan fingerprint density at radius 1 is 1.24 bits per heavy atom. The number of aromatic hydroxyl groups is 1. The lowest BCUT2D eigenvalue weighted by Gasteiger charge is -2.05. The van der Waals surface area contributed by atoms with E-state index >= 15 is 0 Å². The minimum absolute atomic E-state index is 0.137. The Balaban J connectivity index is 1.78. The van der Waals surface area contributed by atoms with Gasteiger partial charge in [-0.25, -0.2) is 5.43 Å². The molecule has 0 saturated carbocycles. The molecule has 0 aliphatic heterocycles. The Bertz CT molecular complexity index is 642. The molecule has 2 aromatic carbocycles. The zero-order valence-corrected chi connectivity index (χ0v) is 13.2. The molecule has 0 unspecified atom stereocenters. The van der Waals surface area contributed by atoms with Crippen molar-refractivity contribution in [3.05, 3.63) is 57.7 Å². The van der Waals surface area contributed by atoms with E-state index < -0.39 is 0 Å². The quantitative estimate of drug-likeness (QED) is 0.414. The highest BCUT2D eigenvalue weighted by atomic mass is 127. The molecule has 5 nitrogen and oxygen atoms in total. The number of amides is 1. The van der Waals surface area contributed by atoms with E-state index in [1.54, 1.807) is 24.3 Å². The number of benzene rings is 2. The van der Waals surface area contributed by atoms with Gasteiger partial charge in [0.15, 0.2) is 0 Å². The summed E-state index contributed by atoms with van der Waals surface area (Å²) in [6.45, 7) is 0.137. The average Bonchev–Trinajstić information content (AvgIpc) is 2.47. The lowest BCUT2D eigenvalue weighted by atomic mass is 10.2. The molecule has 0 heterocycles. The zero-order chi connectivity index (χ0) is 15.1. The van der Waals surface area contributed by atoms with Gasteiger partial charge in [0.2, 0.25) is 0 Å². The molecule has 1 amide bonds. The number of carbonyl (C=O) groups excluding carboxylic acids is 1. The summed E-state index contributed by atoms with van der Waals surface area (Å²) < 4.78 is 1.14. The molecule has 0 saturated heterocycles. The molecule has 6 heteroatoms. The molecular formula is C15H14IN3O2. The van der Waals surface area contributed by atoms with Crippen LogP contribution in [0.3, 0.4) is 0 Å². The average molecular weight is 395 g/mol. The summed E-state index contributed by atoms with van der Waals surface area (Å²) in [5, 5.41) is 16.1. The van der Waals surface area contributed by atoms with E-state index in [1.165, 1.54) is 6.21 Å². The summed E-state index contributed by atoms with van der Waals surface area (Å²) in [4.78, 5) is 11.6. The minimum atomic E-state index is -0.245. The molecule has 0 aromatic heterocycles. The van der Waals surface area contributed by atoms with Crippen LogP contribution in [0.1, 0.15) is 5.56 Å². The van der Waals surface area contributed by atoms with Crippen molar-refractivity contribution in [2.75, 3.05) is 11.9 Å². The fourth-order valence-corrected chi connectivity index (χ4v) is 1.93. The van der Waals surface area contributed by atoms with E-state index in [0.717, 1.165) is 9.26 Å². The van der Waals surface area contributed by atoms with Gasteiger partial charge in [-0.3, -0.25) is 4.79 Å². The number of hydrogen-bond donors (Lipinski definition) is 3. The first-order chi connectivity index (χ1) is 10.1. The van der Waals surface area contributed by atoms with E-state index in [4.69, 9.17) is 0 Å². The Hall–Kier alpha value is -2.09. The van der Waals surface area contributed by atoms with Crippen molar-refractivity contribution in [2.45, 2.75) is 0 Å². The van der Waals surface area contributed by atoms with Crippen LogP contribution in [0.25, 0.3) is 0 Å². The van der Waals surface area contributed by atoms with Crippen LogP contribution in [0.2, 0.25) is 0 Å². The molecule has 0 spiro atoms. The van der Waals surface area contributed by atoms with Gasteiger partial charge in [0.1, 0.15) is 5.75 Å². The fraction of sp³-hybridized carbons (Fsp3) is 0.0667. The highest BCUT2D eigenvalue weighted by molar-refractivity contribution is 14.1. The van der Waals surface area contributed by atoms with E-state index in [-0.39, 0.29) is 18.2 Å². The van der Waals surface area contributed by atoms with Crippen molar-refractivity contribution >= 4 is 40.4 Å². The van der Waals surface area contributed by atoms with Crippen LogP contribution < -0.4 is 10.7 Å². The number of rotatable bonds is 5. The molecule has 0 aliphatic rings.